The zero-order valence-electron chi connectivity index (χ0n) is 8.99. The smallest absolute Gasteiger partial charge is 0.328 e. The van der Waals surface area contributed by atoms with Crippen LogP contribution in [-0.4, -0.2) is 25.0 Å². The highest BCUT2D eigenvalue weighted by Gasteiger charge is 2.17. The minimum absolute atomic E-state index is 0.314. The van der Waals surface area contributed by atoms with Gasteiger partial charge >= 0.3 is 5.97 Å². The number of carbonyl (C=O) groups is 2. The number of hydrogen-bond acceptors (Lipinski definition) is 3. The predicted molar refractivity (Wildman–Crippen MR) is 63.1 cm³/mol. The van der Waals surface area contributed by atoms with Crippen LogP contribution in [0.2, 0.25) is 0 Å². The van der Waals surface area contributed by atoms with Gasteiger partial charge in [0.15, 0.2) is 0 Å². The van der Waals surface area contributed by atoms with E-state index in [4.69, 9.17) is 0 Å². The summed E-state index contributed by atoms with van der Waals surface area (Å²) in [6, 6.07) is 6.33. The third-order valence-electron chi connectivity index (χ3n) is 2.02. The molecular formula is C11H12BrNO3. The maximum atomic E-state index is 11.7. The van der Waals surface area contributed by atoms with Crippen molar-refractivity contribution in [3.63, 3.8) is 0 Å². The van der Waals surface area contributed by atoms with E-state index >= 15 is 0 Å². The molecule has 4 nitrogen and oxygen atoms in total. The largest absolute Gasteiger partial charge is 0.467 e. The summed E-state index contributed by atoms with van der Waals surface area (Å²) in [6.45, 7) is 1.57. The first-order chi connectivity index (χ1) is 7.56. The van der Waals surface area contributed by atoms with Gasteiger partial charge in [0.05, 0.1) is 12.7 Å². The number of methoxy groups -OCH3 is 1. The Morgan fingerprint density at radius 1 is 1.38 bits per heavy atom. The maximum Gasteiger partial charge on any atom is 0.328 e. The van der Waals surface area contributed by atoms with Crippen molar-refractivity contribution in [1.82, 2.24) is 5.32 Å². The van der Waals surface area contributed by atoms with E-state index in [1.54, 1.807) is 25.1 Å². The average Bonchev–Trinajstić information content (AvgIpc) is 2.28. The van der Waals surface area contributed by atoms with Crippen molar-refractivity contribution in [2.24, 2.45) is 0 Å². The molecule has 1 atom stereocenters. The molecule has 0 heterocycles. The lowest BCUT2D eigenvalue weighted by atomic mass is 10.2. The van der Waals surface area contributed by atoms with E-state index in [0.717, 1.165) is 0 Å². The number of nitrogens with one attached hydrogen (secondary N) is 1. The quantitative estimate of drug-likeness (QED) is 0.861. The number of amides is 1. The van der Waals surface area contributed by atoms with Gasteiger partial charge in [-0.25, -0.2) is 4.79 Å². The summed E-state index contributed by atoms with van der Waals surface area (Å²) in [6.07, 6.45) is 0. The van der Waals surface area contributed by atoms with Crippen molar-refractivity contribution in [1.29, 1.82) is 0 Å². The molecule has 1 rings (SSSR count). The molecule has 0 aromatic heterocycles. The van der Waals surface area contributed by atoms with Crippen LogP contribution in [0, 0.1) is 0 Å². The van der Waals surface area contributed by atoms with Gasteiger partial charge in [-0.2, -0.15) is 0 Å². The number of hydrogen-bond donors (Lipinski definition) is 1. The zero-order chi connectivity index (χ0) is 12.1. The lowest BCUT2D eigenvalue weighted by Gasteiger charge is -2.12. The van der Waals surface area contributed by atoms with E-state index in [-0.39, 0.29) is 5.91 Å². The van der Waals surface area contributed by atoms with Crippen LogP contribution < -0.4 is 5.32 Å². The van der Waals surface area contributed by atoms with E-state index in [2.05, 4.69) is 26.0 Å². The molecule has 0 saturated carbocycles. The highest BCUT2D eigenvalue weighted by atomic mass is 79.9. The summed E-state index contributed by atoms with van der Waals surface area (Å²) < 4.78 is 5.20. The van der Waals surface area contributed by atoms with Gasteiger partial charge in [0.1, 0.15) is 6.04 Å². The molecule has 1 amide bonds. The van der Waals surface area contributed by atoms with Crippen LogP contribution in [0.15, 0.2) is 28.7 Å². The Bertz CT molecular complexity index is 406. The lowest BCUT2D eigenvalue weighted by molar-refractivity contribution is -0.142. The normalized spacial score (nSPS) is 11.7. The maximum absolute atomic E-state index is 11.7. The fourth-order valence-electron chi connectivity index (χ4n) is 1.16. The van der Waals surface area contributed by atoms with Gasteiger partial charge in [0.2, 0.25) is 0 Å². The summed E-state index contributed by atoms with van der Waals surface area (Å²) in [5.41, 5.74) is 0.484. The van der Waals surface area contributed by atoms with Gasteiger partial charge < -0.3 is 10.1 Å². The molecule has 86 valence electrons. The SMILES string of the molecule is COC(=O)[C@H](C)NC(=O)c1ccccc1Br. The molecule has 1 aromatic carbocycles. The topological polar surface area (TPSA) is 55.4 Å². The Morgan fingerprint density at radius 2 is 2.00 bits per heavy atom. The first-order valence-corrected chi connectivity index (χ1v) is 5.48. The molecule has 0 saturated heterocycles. The molecule has 0 fully saturated rings. The van der Waals surface area contributed by atoms with E-state index in [1.165, 1.54) is 7.11 Å². The average molecular weight is 286 g/mol. The van der Waals surface area contributed by atoms with E-state index < -0.39 is 12.0 Å². The number of halogens is 1. The second-order valence-electron chi connectivity index (χ2n) is 3.20. The number of benzene rings is 1. The second kappa shape index (κ2) is 5.65. The highest BCUT2D eigenvalue weighted by Crippen LogP contribution is 2.15. The van der Waals surface area contributed by atoms with Crippen molar-refractivity contribution in [2.45, 2.75) is 13.0 Å². The minimum Gasteiger partial charge on any atom is -0.467 e. The van der Waals surface area contributed by atoms with Crippen LogP contribution in [0.4, 0.5) is 0 Å². The molecule has 0 aliphatic heterocycles. The molecule has 5 heteroatoms. The Morgan fingerprint density at radius 3 is 2.56 bits per heavy atom. The third kappa shape index (κ3) is 3.06. The van der Waals surface area contributed by atoms with E-state index in [0.29, 0.717) is 10.0 Å². The van der Waals surface area contributed by atoms with Crippen molar-refractivity contribution < 1.29 is 14.3 Å². The molecule has 0 spiro atoms. The van der Waals surface area contributed by atoms with Gasteiger partial charge in [-0.05, 0) is 35.0 Å². The molecule has 0 aliphatic rings. The van der Waals surface area contributed by atoms with Crippen molar-refractivity contribution in [2.75, 3.05) is 7.11 Å². The highest BCUT2D eigenvalue weighted by molar-refractivity contribution is 9.10. The Labute approximate surface area is 102 Å². The summed E-state index contributed by atoms with van der Waals surface area (Å²) in [5.74, 6) is -0.786. The van der Waals surface area contributed by atoms with Crippen LogP contribution in [0.1, 0.15) is 17.3 Å². The lowest BCUT2D eigenvalue weighted by Crippen LogP contribution is -2.39. The predicted octanol–water partition coefficient (Wildman–Crippen LogP) is 1.74. The number of ether oxygens (including phenoxy) is 1. The number of rotatable bonds is 3. The number of esters is 1. The molecule has 0 aliphatic carbocycles. The van der Waals surface area contributed by atoms with Gasteiger partial charge in [-0.3, -0.25) is 4.79 Å². The first kappa shape index (κ1) is 12.7. The van der Waals surface area contributed by atoms with Crippen molar-refractivity contribution in [3.8, 4) is 0 Å². The van der Waals surface area contributed by atoms with Crippen LogP contribution in [0.3, 0.4) is 0 Å². The summed E-state index contributed by atoms with van der Waals surface area (Å²) in [4.78, 5) is 22.9. The minimum atomic E-state index is -0.662. The van der Waals surface area contributed by atoms with Gasteiger partial charge in [-0.1, -0.05) is 12.1 Å². The third-order valence-corrected chi connectivity index (χ3v) is 2.71. The number of carbonyl (C=O) groups excluding carboxylic acids is 2. The van der Waals surface area contributed by atoms with Crippen LogP contribution >= 0.6 is 15.9 Å². The first-order valence-electron chi connectivity index (χ1n) is 4.69. The molecule has 16 heavy (non-hydrogen) atoms. The monoisotopic (exact) mass is 285 g/mol. The van der Waals surface area contributed by atoms with Crippen molar-refractivity contribution >= 4 is 27.8 Å². The summed E-state index contributed by atoms with van der Waals surface area (Å²) in [7, 11) is 1.28. The van der Waals surface area contributed by atoms with Crippen LogP contribution in [-0.2, 0) is 9.53 Å². The Hall–Kier alpha value is -1.36. The van der Waals surface area contributed by atoms with Crippen molar-refractivity contribution in [3.05, 3.63) is 34.3 Å². The van der Waals surface area contributed by atoms with Gasteiger partial charge in [0, 0.05) is 4.47 Å². The van der Waals surface area contributed by atoms with Gasteiger partial charge in [-0.15, -0.1) is 0 Å². The molecule has 0 bridgehead atoms. The molecule has 0 unspecified atom stereocenters. The fraction of sp³-hybridized carbons (Fsp3) is 0.273. The Balaban J connectivity index is 2.73. The van der Waals surface area contributed by atoms with Crippen LogP contribution in [0.5, 0.6) is 0 Å². The summed E-state index contributed by atoms with van der Waals surface area (Å²) >= 11 is 3.26. The molecule has 0 radical (unpaired) electrons. The molecule has 1 aromatic rings. The van der Waals surface area contributed by atoms with E-state index in [1.807, 2.05) is 6.07 Å². The van der Waals surface area contributed by atoms with E-state index in [9.17, 15) is 9.59 Å². The zero-order valence-corrected chi connectivity index (χ0v) is 10.6. The molecular weight excluding hydrogens is 274 g/mol. The van der Waals surface area contributed by atoms with Gasteiger partial charge in [0.25, 0.3) is 5.91 Å². The van der Waals surface area contributed by atoms with Crippen LogP contribution in [0.25, 0.3) is 0 Å². The Kier molecular flexibility index (Phi) is 4.49. The second-order valence-corrected chi connectivity index (χ2v) is 4.05. The fourth-order valence-corrected chi connectivity index (χ4v) is 1.62. The standard InChI is InChI=1S/C11H12BrNO3/c1-7(11(15)16-2)13-10(14)8-5-3-4-6-9(8)12/h3-7H,1-2H3,(H,13,14)/t7-/m0/s1. The molecule has 1 N–H and O–H groups in total. The summed E-state index contributed by atoms with van der Waals surface area (Å²) in [5, 5.41) is 2.54.